The summed E-state index contributed by atoms with van der Waals surface area (Å²) in [5.74, 6) is -0.206. The molecule has 2 unspecified atom stereocenters. The summed E-state index contributed by atoms with van der Waals surface area (Å²) in [6.45, 7) is 1.71. The van der Waals surface area contributed by atoms with Crippen LogP contribution < -0.4 is 11.1 Å². The first kappa shape index (κ1) is 13.1. The number of carbonyl (C=O) groups is 1. The Kier molecular flexibility index (Phi) is 4.33. The lowest BCUT2D eigenvalue weighted by Crippen LogP contribution is -2.34. The van der Waals surface area contributed by atoms with Gasteiger partial charge < -0.3 is 16.2 Å². The van der Waals surface area contributed by atoms with Crippen molar-refractivity contribution in [3.63, 3.8) is 0 Å². The zero-order chi connectivity index (χ0) is 13.0. The van der Waals surface area contributed by atoms with Crippen LogP contribution in [0.3, 0.4) is 0 Å². The molecular formula is C14H20N2O2. The molecule has 0 amide bonds. The average molecular weight is 248 g/mol. The van der Waals surface area contributed by atoms with E-state index in [4.69, 9.17) is 10.8 Å². The molecular weight excluding hydrogens is 228 g/mol. The third kappa shape index (κ3) is 3.09. The monoisotopic (exact) mass is 248 g/mol. The lowest BCUT2D eigenvalue weighted by Gasteiger charge is -2.30. The number of aromatic carboxylic acids is 1. The van der Waals surface area contributed by atoms with Crippen LogP contribution in [-0.4, -0.2) is 24.2 Å². The van der Waals surface area contributed by atoms with Gasteiger partial charge in [-0.05, 0) is 56.0 Å². The van der Waals surface area contributed by atoms with Gasteiger partial charge in [-0.3, -0.25) is 0 Å². The van der Waals surface area contributed by atoms with Crippen LogP contribution in [0.15, 0.2) is 24.3 Å². The largest absolute Gasteiger partial charge is 0.478 e. The quantitative estimate of drug-likeness (QED) is 0.759. The van der Waals surface area contributed by atoms with Crippen molar-refractivity contribution in [2.45, 2.75) is 25.3 Å². The number of carboxylic acid groups (broad SMARTS) is 1. The SMILES string of the molecule is NCCC1CCC(c2cccc(C(=O)O)c2)NC1. The summed E-state index contributed by atoms with van der Waals surface area (Å²) in [6, 6.07) is 7.48. The van der Waals surface area contributed by atoms with E-state index in [0.29, 0.717) is 11.5 Å². The van der Waals surface area contributed by atoms with Crippen LogP contribution in [0.2, 0.25) is 0 Å². The highest BCUT2D eigenvalue weighted by Gasteiger charge is 2.21. The predicted octanol–water partition coefficient (Wildman–Crippen LogP) is 1.77. The van der Waals surface area contributed by atoms with Gasteiger partial charge in [0, 0.05) is 6.04 Å². The van der Waals surface area contributed by atoms with Crippen molar-refractivity contribution in [3.05, 3.63) is 35.4 Å². The minimum atomic E-state index is -0.867. The van der Waals surface area contributed by atoms with Gasteiger partial charge >= 0.3 is 5.97 Å². The number of carboxylic acids is 1. The topological polar surface area (TPSA) is 75.4 Å². The minimum Gasteiger partial charge on any atom is -0.478 e. The number of hydrogen-bond acceptors (Lipinski definition) is 3. The van der Waals surface area contributed by atoms with Crippen molar-refractivity contribution in [2.75, 3.05) is 13.1 Å². The molecule has 4 N–H and O–H groups in total. The number of rotatable bonds is 4. The molecule has 1 aromatic rings. The van der Waals surface area contributed by atoms with Gasteiger partial charge in [0.25, 0.3) is 0 Å². The van der Waals surface area contributed by atoms with Crippen molar-refractivity contribution in [2.24, 2.45) is 11.7 Å². The average Bonchev–Trinajstić information content (AvgIpc) is 2.40. The molecule has 1 fully saturated rings. The second-order valence-electron chi connectivity index (χ2n) is 4.91. The van der Waals surface area contributed by atoms with Crippen molar-refractivity contribution >= 4 is 5.97 Å². The van der Waals surface area contributed by atoms with Gasteiger partial charge in [-0.15, -0.1) is 0 Å². The van der Waals surface area contributed by atoms with E-state index in [1.165, 1.54) is 0 Å². The van der Waals surface area contributed by atoms with Crippen LogP contribution in [0, 0.1) is 5.92 Å². The van der Waals surface area contributed by atoms with Crippen LogP contribution in [0.1, 0.15) is 41.2 Å². The molecule has 1 aliphatic heterocycles. The molecule has 2 atom stereocenters. The van der Waals surface area contributed by atoms with Gasteiger partial charge in [0.1, 0.15) is 0 Å². The number of piperidine rings is 1. The Morgan fingerprint density at radius 2 is 2.28 bits per heavy atom. The molecule has 4 heteroatoms. The molecule has 0 radical (unpaired) electrons. The predicted molar refractivity (Wildman–Crippen MR) is 70.5 cm³/mol. The van der Waals surface area contributed by atoms with Crippen molar-refractivity contribution in [1.82, 2.24) is 5.32 Å². The Hall–Kier alpha value is -1.39. The Bertz CT molecular complexity index is 412. The fraction of sp³-hybridized carbons (Fsp3) is 0.500. The minimum absolute atomic E-state index is 0.276. The van der Waals surface area contributed by atoms with Gasteiger partial charge in [0.2, 0.25) is 0 Å². The fourth-order valence-corrected chi connectivity index (χ4v) is 2.57. The van der Waals surface area contributed by atoms with Crippen LogP contribution in [0.25, 0.3) is 0 Å². The Morgan fingerprint density at radius 3 is 2.89 bits per heavy atom. The number of hydrogen-bond donors (Lipinski definition) is 3. The van der Waals surface area contributed by atoms with Crippen LogP contribution >= 0.6 is 0 Å². The normalized spacial score (nSPS) is 23.8. The Labute approximate surface area is 107 Å². The van der Waals surface area contributed by atoms with Gasteiger partial charge in [0.15, 0.2) is 0 Å². The van der Waals surface area contributed by atoms with Crippen molar-refractivity contribution < 1.29 is 9.90 Å². The summed E-state index contributed by atoms with van der Waals surface area (Å²) in [7, 11) is 0. The lowest BCUT2D eigenvalue weighted by atomic mass is 9.89. The first-order valence-electron chi connectivity index (χ1n) is 6.47. The van der Waals surface area contributed by atoms with Crippen molar-refractivity contribution in [1.29, 1.82) is 0 Å². The summed E-state index contributed by atoms with van der Waals surface area (Å²) < 4.78 is 0. The van der Waals surface area contributed by atoms with E-state index in [2.05, 4.69) is 5.32 Å². The molecule has 1 heterocycles. The third-order valence-corrected chi connectivity index (χ3v) is 3.63. The molecule has 98 valence electrons. The zero-order valence-electron chi connectivity index (χ0n) is 10.4. The standard InChI is InChI=1S/C14H20N2O2/c15-7-6-10-4-5-13(16-9-10)11-2-1-3-12(8-11)14(17)18/h1-3,8,10,13,16H,4-7,9,15H2,(H,17,18). The Morgan fingerprint density at radius 1 is 1.44 bits per heavy atom. The summed E-state index contributed by atoms with van der Waals surface area (Å²) >= 11 is 0. The first-order chi connectivity index (χ1) is 8.70. The molecule has 4 nitrogen and oxygen atoms in total. The smallest absolute Gasteiger partial charge is 0.335 e. The fourth-order valence-electron chi connectivity index (χ4n) is 2.57. The number of nitrogens with one attached hydrogen (secondary N) is 1. The second-order valence-corrected chi connectivity index (χ2v) is 4.91. The zero-order valence-corrected chi connectivity index (χ0v) is 10.4. The molecule has 1 saturated heterocycles. The van der Waals surface area contributed by atoms with E-state index in [-0.39, 0.29) is 6.04 Å². The molecule has 2 rings (SSSR count). The van der Waals surface area contributed by atoms with Gasteiger partial charge in [0.05, 0.1) is 5.56 Å². The maximum atomic E-state index is 10.9. The van der Waals surface area contributed by atoms with E-state index < -0.39 is 5.97 Å². The number of nitrogens with two attached hydrogens (primary N) is 1. The summed E-state index contributed by atoms with van der Waals surface area (Å²) in [4.78, 5) is 10.9. The van der Waals surface area contributed by atoms with E-state index >= 15 is 0 Å². The molecule has 1 aromatic carbocycles. The maximum Gasteiger partial charge on any atom is 0.335 e. The lowest BCUT2D eigenvalue weighted by molar-refractivity contribution is 0.0696. The third-order valence-electron chi connectivity index (χ3n) is 3.63. The highest BCUT2D eigenvalue weighted by molar-refractivity contribution is 5.87. The molecule has 0 aliphatic carbocycles. The summed E-state index contributed by atoms with van der Waals surface area (Å²) in [5, 5.41) is 12.5. The highest BCUT2D eigenvalue weighted by atomic mass is 16.4. The number of benzene rings is 1. The molecule has 1 aliphatic rings. The van der Waals surface area contributed by atoms with Gasteiger partial charge in [-0.1, -0.05) is 12.1 Å². The molecule has 0 saturated carbocycles. The van der Waals surface area contributed by atoms with Gasteiger partial charge in [-0.2, -0.15) is 0 Å². The van der Waals surface area contributed by atoms with Crippen molar-refractivity contribution in [3.8, 4) is 0 Å². The van der Waals surface area contributed by atoms with E-state index in [1.54, 1.807) is 12.1 Å². The summed E-state index contributed by atoms with van der Waals surface area (Å²) in [5.41, 5.74) is 7.00. The molecule has 0 spiro atoms. The van der Waals surface area contributed by atoms with Gasteiger partial charge in [-0.25, -0.2) is 4.79 Å². The first-order valence-corrected chi connectivity index (χ1v) is 6.47. The van der Waals surface area contributed by atoms with E-state index in [1.807, 2.05) is 12.1 Å². The van der Waals surface area contributed by atoms with E-state index in [0.717, 1.165) is 37.9 Å². The highest BCUT2D eigenvalue weighted by Crippen LogP contribution is 2.27. The maximum absolute atomic E-state index is 10.9. The molecule has 0 bridgehead atoms. The molecule has 18 heavy (non-hydrogen) atoms. The van der Waals surface area contributed by atoms with Crippen LogP contribution in [0.4, 0.5) is 0 Å². The second kappa shape index (κ2) is 5.98. The van der Waals surface area contributed by atoms with Crippen LogP contribution in [0.5, 0.6) is 0 Å². The van der Waals surface area contributed by atoms with Crippen LogP contribution in [-0.2, 0) is 0 Å². The Balaban J connectivity index is 2.01. The molecule has 0 aromatic heterocycles. The van der Waals surface area contributed by atoms with E-state index in [9.17, 15) is 4.79 Å². The summed E-state index contributed by atoms with van der Waals surface area (Å²) in [6.07, 6.45) is 3.27.